The summed E-state index contributed by atoms with van der Waals surface area (Å²) < 4.78 is 0. The molecule has 0 radical (unpaired) electrons. The van der Waals surface area contributed by atoms with Gasteiger partial charge in [-0.05, 0) is 26.9 Å². The molecular formula is C7H18N2O. The van der Waals surface area contributed by atoms with E-state index >= 15 is 0 Å². The van der Waals surface area contributed by atoms with Crippen molar-refractivity contribution in [2.75, 3.05) is 13.6 Å². The van der Waals surface area contributed by atoms with E-state index in [1.807, 2.05) is 6.92 Å². The van der Waals surface area contributed by atoms with Crippen molar-refractivity contribution >= 4 is 0 Å². The quantitative estimate of drug-likeness (QED) is 0.475. The number of hydrogen-bond acceptors (Lipinski definition) is 3. The molecule has 0 aliphatic rings. The van der Waals surface area contributed by atoms with Crippen LogP contribution in [0.15, 0.2) is 0 Å². The van der Waals surface area contributed by atoms with E-state index in [1.54, 1.807) is 7.05 Å². The van der Waals surface area contributed by atoms with Gasteiger partial charge in [-0.25, -0.2) is 0 Å². The van der Waals surface area contributed by atoms with Gasteiger partial charge in [0.15, 0.2) is 0 Å². The maximum absolute atomic E-state index is 9.18. The van der Waals surface area contributed by atoms with Crippen LogP contribution >= 0.6 is 0 Å². The zero-order chi connectivity index (χ0) is 7.98. The molecule has 0 aromatic carbocycles. The van der Waals surface area contributed by atoms with Crippen molar-refractivity contribution < 1.29 is 5.11 Å². The topological polar surface area (TPSA) is 44.3 Å². The summed E-state index contributed by atoms with van der Waals surface area (Å²) in [5.41, 5.74) is 0. The third-order valence-corrected chi connectivity index (χ3v) is 1.49. The lowest BCUT2D eigenvalue weighted by molar-refractivity contribution is 0.109. The van der Waals surface area contributed by atoms with Gasteiger partial charge in [-0.2, -0.15) is 0 Å². The summed E-state index contributed by atoms with van der Waals surface area (Å²) in [6.45, 7) is 5.02. The van der Waals surface area contributed by atoms with Crippen LogP contribution in [-0.4, -0.2) is 31.0 Å². The van der Waals surface area contributed by atoms with Crippen LogP contribution in [0.4, 0.5) is 0 Å². The van der Waals surface area contributed by atoms with E-state index < -0.39 is 6.23 Å². The van der Waals surface area contributed by atoms with Crippen LogP contribution in [0, 0.1) is 0 Å². The Hall–Kier alpha value is -0.120. The number of nitrogens with one attached hydrogen (secondary N) is 2. The van der Waals surface area contributed by atoms with E-state index in [-0.39, 0.29) is 6.04 Å². The molecule has 0 saturated heterocycles. The third-order valence-electron chi connectivity index (χ3n) is 1.49. The Labute approximate surface area is 62.8 Å². The fraction of sp³-hybridized carbons (Fsp3) is 1.00. The smallest absolute Gasteiger partial charge is 0.119 e. The first-order valence-electron chi connectivity index (χ1n) is 3.81. The minimum absolute atomic E-state index is 0.130. The summed E-state index contributed by atoms with van der Waals surface area (Å²) in [7, 11) is 1.74. The molecule has 0 aromatic rings. The molecule has 10 heavy (non-hydrogen) atoms. The number of aliphatic hydroxyl groups is 1. The van der Waals surface area contributed by atoms with Crippen LogP contribution in [0.1, 0.15) is 20.3 Å². The first-order chi connectivity index (χ1) is 4.72. The normalized spacial score (nSPS) is 16.8. The first kappa shape index (κ1) is 9.88. The molecule has 3 N–H and O–H groups in total. The molecule has 2 unspecified atom stereocenters. The van der Waals surface area contributed by atoms with Gasteiger partial charge in [0.25, 0.3) is 0 Å². The molecule has 0 fully saturated rings. The van der Waals surface area contributed by atoms with Crippen molar-refractivity contribution in [1.29, 1.82) is 0 Å². The van der Waals surface area contributed by atoms with Crippen LogP contribution in [0.3, 0.4) is 0 Å². The summed E-state index contributed by atoms with van der Waals surface area (Å²) in [5, 5.41) is 15.1. The fourth-order valence-electron chi connectivity index (χ4n) is 0.734. The van der Waals surface area contributed by atoms with E-state index in [2.05, 4.69) is 17.6 Å². The van der Waals surface area contributed by atoms with Gasteiger partial charge in [-0.3, -0.25) is 5.32 Å². The highest BCUT2D eigenvalue weighted by molar-refractivity contribution is 4.66. The fourth-order valence-corrected chi connectivity index (χ4v) is 0.734. The number of rotatable bonds is 5. The van der Waals surface area contributed by atoms with E-state index in [0.29, 0.717) is 0 Å². The SMILES string of the molecule is CCCNC(C)C(O)NC. The molecule has 0 amide bonds. The maximum atomic E-state index is 9.18. The lowest BCUT2D eigenvalue weighted by atomic mass is 10.3. The van der Waals surface area contributed by atoms with Crippen molar-refractivity contribution in [3.05, 3.63) is 0 Å². The average molecular weight is 146 g/mol. The second kappa shape index (κ2) is 5.65. The predicted octanol–water partition coefficient (Wildman–Crippen LogP) is -0.0877. The molecule has 0 saturated carbocycles. The number of hydrogen-bond donors (Lipinski definition) is 3. The molecule has 0 rings (SSSR count). The van der Waals surface area contributed by atoms with Crippen LogP contribution in [-0.2, 0) is 0 Å². The highest BCUT2D eigenvalue weighted by Crippen LogP contribution is 1.86. The summed E-state index contributed by atoms with van der Waals surface area (Å²) in [6.07, 6.45) is 0.660. The van der Waals surface area contributed by atoms with Crippen molar-refractivity contribution in [1.82, 2.24) is 10.6 Å². The minimum Gasteiger partial charge on any atom is -0.377 e. The largest absolute Gasteiger partial charge is 0.377 e. The average Bonchev–Trinajstić information content (AvgIpc) is 1.98. The van der Waals surface area contributed by atoms with Gasteiger partial charge in [0.2, 0.25) is 0 Å². The Balaban J connectivity index is 3.31. The Bertz CT molecular complexity index is 78.0. The minimum atomic E-state index is -0.438. The zero-order valence-corrected chi connectivity index (χ0v) is 7.02. The van der Waals surface area contributed by atoms with Gasteiger partial charge in [-0.1, -0.05) is 6.92 Å². The van der Waals surface area contributed by atoms with Crippen LogP contribution in [0.25, 0.3) is 0 Å². The molecule has 0 aliphatic carbocycles. The molecule has 0 bridgehead atoms. The molecule has 0 aliphatic heterocycles. The monoisotopic (exact) mass is 146 g/mol. The van der Waals surface area contributed by atoms with Crippen LogP contribution in [0.5, 0.6) is 0 Å². The highest BCUT2D eigenvalue weighted by Gasteiger charge is 2.08. The van der Waals surface area contributed by atoms with Gasteiger partial charge >= 0.3 is 0 Å². The van der Waals surface area contributed by atoms with Crippen molar-refractivity contribution in [3.8, 4) is 0 Å². The highest BCUT2D eigenvalue weighted by atomic mass is 16.3. The van der Waals surface area contributed by atoms with Gasteiger partial charge in [0.1, 0.15) is 6.23 Å². The lowest BCUT2D eigenvalue weighted by Gasteiger charge is -2.18. The Kier molecular flexibility index (Phi) is 5.58. The van der Waals surface area contributed by atoms with Crippen molar-refractivity contribution in [3.63, 3.8) is 0 Å². The molecule has 3 nitrogen and oxygen atoms in total. The molecule has 3 heteroatoms. The Morgan fingerprint density at radius 2 is 2.10 bits per heavy atom. The number of likely N-dealkylation sites (N-methyl/N-ethyl adjacent to an activating group) is 1. The number of aliphatic hydroxyl groups excluding tert-OH is 1. The summed E-state index contributed by atoms with van der Waals surface area (Å²) in [4.78, 5) is 0. The predicted molar refractivity (Wildman–Crippen MR) is 42.8 cm³/mol. The molecule has 0 heterocycles. The van der Waals surface area contributed by atoms with E-state index in [9.17, 15) is 5.11 Å². The van der Waals surface area contributed by atoms with Crippen molar-refractivity contribution in [2.45, 2.75) is 32.5 Å². The van der Waals surface area contributed by atoms with Gasteiger partial charge in [0, 0.05) is 6.04 Å². The second-order valence-corrected chi connectivity index (χ2v) is 2.48. The van der Waals surface area contributed by atoms with Gasteiger partial charge in [-0.15, -0.1) is 0 Å². The molecular weight excluding hydrogens is 128 g/mol. The van der Waals surface area contributed by atoms with Gasteiger partial charge in [0.05, 0.1) is 0 Å². The standard InChI is InChI=1S/C7H18N2O/c1-4-5-9-6(2)7(10)8-3/h6-10H,4-5H2,1-3H3. The summed E-state index contributed by atoms with van der Waals surface area (Å²) >= 11 is 0. The Morgan fingerprint density at radius 1 is 1.50 bits per heavy atom. The third kappa shape index (κ3) is 3.82. The molecule has 0 aromatic heterocycles. The van der Waals surface area contributed by atoms with Crippen molar-refractivity contribution in [2.24, 2.45) is 0 Å². The summed E-state index contributed by atoms with van der Waals surface area (Å²) in [6, 6.07) is 0.130. The first-order valence-corrected chi connectivity index (χ1v) is 3.81. The van der Waals surface area contributed by atoms with E-state index in [4.69, 9.17) is 0 Å². The second-order valence-electron chi connectivity index (χ2n) is 2.48. The lowest BCUT2D eigenvalue weighted by Crippen LogP contribution is -2.44. The Morgan fingerprint density at radius 3 is 2.50 bits per heavy atom. The molecule has 62 valence electrons. The van der Waals surface area contributed by atoms with Crippen LogP contribution in [0.2, 0.25) is 0 Å². The van der Waals surface area contributed by atoms with Crippen LogP contribution < -0.4 is 10.6 Å². The molecule has 2 atom stereocenters. The molecule has 0 spiro atoms. The van der Waals surface area contributed by atoms with E-state index in [1.165, 1.54) is 0 Å². The maximum Gasteiger partial charge on any atom is 0.119 e. The van der Waals surface area contributed by atoms with Gasteiger partial charge < -0.3 is 10.4 Å². The van der Waals surface area contributed by atoms with E-state index in [0.717, 1.165) is 13.0 Å². The summed E-state index contributed by atoms with van der Waals surface area (Å²) in [5.74, 6) is 0. The zero-order valence-electron chi connectivity index (χ0n) is 7.02.